The quantitative estimate of drug-likeness (QED) is 0.0857. The minimum atomic E-state index is -4.92. The van der Waals surface area contributed by atoms with Gasteiger partial charge in [-0.3, -0.25) is 0 Å². The third-order valence-electron chi connectivity index (χ3n) is 11.7. The number of benzene rings is 5. The average molecular weight is 1190 g/mol. The van der Waals surface area contributed by atoms with E-state index in [-0.39, 0.29) is 46.6 Å². The summed E-state index contributed by atoms with van der Waals surface area (Å²) in [6, 6.07) is 25.5. The highest BCUT2D eigenvalue weighted by Crippen LogP contribution is 2.40. The van der Waals surface area contributed by atoms with Gasteiger partial charge in [-0.1, -0.05) is 59.6 Å². The van der Waals surface area contributed by atoms with Crippen molar-refractivity contribution in [2.75, 3.05) is 25.9 Å². The summed E-state index contributed by atoms with van der Waals surface area (Å²) in [6.07, 6.45) is -8.22. The van der Waals surface area contributed by atoms with Crippen LogP contribution in [0.1, 0.15) is 34.7 Å². The largest absolute Gasteiger partial charge is 0.573 e. The number of carbonyl (C=O) groups is 4. The molecular weight excluding hydrogens is 1150 g/mol. The number of hydrogen-bond acceptors (Lipinski definition) is 15. The number of imide groups is 1. The summed E-state index contributed by atoms with van der Waals surface area (Å²) < 4.78 is 133. The summed E-state index contributed by atoms with van der Waals surface area (Å²) in [4.78, 5) is 57.1. The number of pyridine rings is 1. The van der Waals surface area contributed by atoms with E-state index >= 15 is 0 Å². The fraction of sp³-hybridized carbons (Fsp3) is 0.208. The summed E-state index contributed by atoms with van der Waals surface area (Å²) in [5.41, 5.74) is -2.79. The lowest BCUT2D eigenvalue weighted by molar-refractivity contribution is -0.274. The molecule has 3 amide bonds. The molecular formula is C53H41Cl2F8N7O12. The number of anilines is 1. The maximum Gasteiger partial charge on any atom is 0.573 e. The summed E-state index contributed by atoms with van der Waals surface area (Å²) in [5.74, 6) is -3.04. The van der Waals surface area contributed by atoms with Crippen LogP contribution < -0.4 is 19.1 Å². The van der Waals surface area contributed by atoms with Crippen LogP contribution >= 0.6 is 23.2 Å². The molecule has 7 aromatic rings. The number of alkyl halides is 6. The van der Waals surface area contributed by atoms with E-state index in [0.29, 0.717) is 38.6 Å². The molecule has 0 saturated carbocycles. The number of ether oxygens (including phenoxy) is 6. The Morgan fingerprint density at radius 1 is 0.829 bits per heavy atom. The monoisotopic (exact) mass is 1190 g/mol. The van der Waals surface area contributed by atoms with Crippen molar-refractivity contribution >= 4 is 58.7 Å². The van der Waals surface area contributed by atoms with Crippen molar-refractivity contribution in [3.63, 3.8) is 0 Å². The van der Waals surface area contributed by atoms with Gasteiger partial charge >= 0.3 is 36.6 Å². The highest BCUT2D eigenvalue weighted by molar-refractivity contribution is 6.32. The van der Waals surface area contributed by atoms with Crippen molar-refractivity contribution < 1.29 is 92.9 Å². The maximum atomic E-state index is 14.2. The Morgan fingerprint density at radius 2 is 1.49 bits per heavy atom. The Balaban J connectivity index is 0.000000185. The van der Waals surface area contributed by atoms with E-state index < -0.39 is 83.6 Å². The van der Waals surface area contributed by atoms with Gasteiger partial charge in [-0.25, -0.2) is 42.6 Å². The number of methoxy groups -OCH3 is 2. The topological polar surface area (TPSA) is 227 Å². The molecule has 29 heteroatoms. The number of nitrogens with zero attached hydrogens (tertiary/aromatic N) is 7. The Hall–Kier alpha value is -8.92. The van der Waals surface area contributed by atoms with Crippen molar-refractivity contribution in [1.82, 2.24) is 24.8 Å². The van der Waals surface area contributed by atoms with Crippen LogP contribution in [0, 0.1) is 11.6 Å². The first kappa shape index (κ1) is 60.7. The van der Waals surface area contributed by atoms with E-state index in [1.165, 1.54) is 92.0 Å². The van der Waals surface area contributed by atoms with Gasteiger partial charge in [0.2, 0.25) is 11.5 Å². The van der Waals surface area contributed by atoms with E-state index in [0.717, 1.165) is 42.5 Å². The van der Waals surface area contributed by atoms with Crippen molar-refractivity contribution in [3.05, 3.63) is 190 Å². The molecule has 82 heavy (non-hydrogen) atoms. The van der Waals surface area contributed by atoms with Gasteiger partial charge in [0.05, 0.1) is 32.0 Å². The van der Waals surface area contributed by atoms with Crippen LogP contribution in [-0.2, 0) is 48.5 Å². The van der Waals surface area contributed by atoms with Crippen LogP contribution in [-0.4, -0.2) is 104 Å². The average Bonchev–Trinajstić information content (AvgIpc) is 3.62. The van der Waals surface area contributed by atoms with Gasteiger partial charge in [-0.15, -0.1) is 13.2 Å². The number of aliphatic carboxylic acids is 1. The molecule has 0 fully saturated rings. The second-order valence-corrected chi connectivity index (χ2v) is 18.0. The number of urea groups is 1. The number of esters is 1. The Morgan fingerprint density at radius 3 is 2.07 bits per heavy atom. The first-order valence-electron chi connectivity index (χ1n) is 23.4. The predicted molar refractivity (Wildman–Crippen MR) is 272 cm³/mol. The summed E-state index contributed by atoms with van der Waals surface area (Å²) in [7, 11) is 2.19. The number of fused-ring (bicyclic) bond motifs is 3. The molecule has 1 aliphatic heterocycles. The molecule has 2 aromatic heterocycles. The predicted octanol–water partition coefficient (Wildman–Crippen LogP) is 11.0. The zero-order valence-electron chi connectivity index (χ0n) is 42.4. The minimum Gasteiger partial charge on any atom is -0.479 e. The van der Waals surface area contributed by atoms with Gasteiger partial charge in [-0.05, 0) is 103 Å². The van der Waals surface area contributed by atoms with Gasteiger partial charge in [0.25, 0.3) is 0 Å². The highest BCUT2D eigenvalue weighted by atomic mass is 35.5. The second-order valence-electron chi connectivity index (χ2n) is 17.2. The molecule has 2 aliphatic rings. The molecule has 2 unspecified atom stereocenters. The number of halogens is 10. The maximum absolute atomic E-state index is 14.2. The summed E-state index contributed by atoms with van der Waals surface area (Å²) in [6.45, 7) is 0.778. The lowest BCUT2D eigenvalue weighted by Crippen LogP contribution is -2.56. The molecule has 2 N–H and O–H groups in total. The van der Waals surface area contributed by atoms with Crippen molar-refractivity contribution in [3.8, 4) is 23.1 Å². The number of carboxylic acid groups (broad SMARTS) is 1. The smallest absolute Gasteiger partial charge is 0.479 e. The van der Waals surface area contributed by atoms with Crippen LogP contribution in [0.4, 0.5) is 50.4 Å². The molecule has 1 aliphatic carbocycles. The van der Waals surface area contributed by atoms with E-state index in [1.54, 1.807) is 30.3 Å². The van der Waals surface area contributed by atoms with Crippen molar-refractivity contribution in [1.29, 1.82) is 0 Å². The van der Waals surface area contributed by atoms with Crippen molar-refractivity contribution in [2.45, 2.75) is 49.7 Å². The molecule has 0 saturated heterocycles. The number of hydrazone groups is 1. The second kappa shape index (κ2) is 25.3. The summed E-state index contributed by atoms with van der Waals surface area (Å²) in [5, 5.41) is 29.0. The van der Waals surface area contributed by atoms with E-state index in [4.69, 9.17) is 47.3 Å². The van der Waals surface area contributed by atoms with Gasteiger partial charge in [0.1, 0.15) is 64.6 Å². The molecule has 19 nitrogen and oxygen atoms in total. The Labute approximate surface area is 468 Å². The number of aromatic nitrogens is 4. The molecule has 3 atom stereocenters. The molecule has 0 bridgehead atoms. The van der Waals surface area contributed by atoms with Crippen LogP contribution in [0.5, 0.6) is 23.1 Å². The van der Waals surface area contributed by atoms with Crippen LogP contribution in [0.2, 0.25) is 10.0 Å². The number of rotatable bonds is 12. The number of hydrogen-bond donors (Lipinski definition) is 2. The lowest BCUT2D eigenvalue weighted by atomic mass is 9.86. The molecule has 430 valence electrons. The minimum absolute atomic E-state index is 0.0421. The number of carbonyl (C=O) groups excluding carboxylic acids is 3. The first-order valence-corrected chi connectivity index (χ1v) is 24.1. The molecule has 5 aromatic carbocycles. The number of aliphatic hydroxyl groups is 1. The fourth-order valence-electron chi connectivity index (χ4n) is 7.88. The molecule has 3 heterocycles. The molecule has 9 rings (SSSR count). The summed E-state index contributed by atoms with van der Waals surface area (Å²) >= 11 is 11.8. The third kappa shape index (κ3) is 14.3. The lowest BCUT2D eigenvalue weighted by Gasteiger charge is -2.35. The zero-order valence-corrected chi connectivity index (χ0v) is 43.9. The fourth-order valence-corrected chi connectivity index (χ4v) is 8.28. The molecule has 0 spiro atoms. The van der Waals surface area contributed by atoms with Gasteiger partial charge in [0.15, 0.2) is 6.10 Å². The van der Waals surface area contributed by atoms with Crippen molar-refractivity contribution in [2.24, 2.45) is 5.10 Å². The van der Waals surface area contributed by atoms with Gasteiger partial charge in [0, 0.05) is 28.8 Å². The first-order chi connectivity index (χ1) is 38.7. The normalized spacial score (nSPS) is 15.5. The van der Waals surface area contributed by atoms with Crippen LogP contribution in [0.3, 0.4) is 0 Å². The van der Waals surface area contributed by atoms with E-state index in [9.17, 15) is 59.4 Å². The van der Waals surface area contributed by atoms with E-state index in [2.05, 4.69) is 29.6 Å². The van der Waals surface area contributed by atoms with Crippen LogP contribution in [0.15, 0.2) is 145 Å². The molecule has 0 radical (unpaired) electrons. The van der Waals surface area contributed by atoms with E-state index in [1.807, 2.05) is 0 Å². The Bertz CT molecular complexity index is 3460. The third-order valence-corrected chi connectivity index (χ3v) is 12.2. The van der Waals surface area contributed by atoms with Crippen LogP contribution in [0.25, 0.3) is 0 Å². The van der Waals surface area contributed by atoms with Gasteiger partial charge < -0.3 is 38.6 Å². The standard InChI is InChI=1S/C22H17ClF3N3O7.C16H13F2N3O.C15H11ClF3NO4/c1-33-18(30)21-10-12-9-13(23)3-8-16(12)17(21)27-28(11-35-21)19(31)29(20(32)34-2)14-4-6-15(7-5-14)36-22(24,25)26;17-13-7-5-12(6-8-13)16(22,9-21-11-19-10-20-21)14-3-1-2-4-15(14)18;1-8(14(21)22)23-10-2-4-11(5-3-10)24-13-12(16)6-9(7-20-13)15(17,18)19/h3-9H,10-11H2,1-2H3;1-8,10-11,22H,9H2;2-8H,1H3,(H,21,22)/t21-;;/m0../s1. The number of carboxylic acids is 1. The Kier molecular flexibility index (Phi) is 18.7. The SMILES string of the molecule is CC(Oc1ccc(Oc2ncc(C(F)(F)F)cc2Cl)cc1)C(=O)O.COC(=O)N(C(=O)N1CO[C@@]2(C(=O)OC)Cc3cc(Cl)ccc3C2=N1)c1ccc(OC(F)(F)F)cc1.OC(Cn1cncn1)(c1ccc(F)cc1)c1ccccc1F. The van der Waals surface area contributed by atoms with Gasteiger partial charge in [-0.2, -0.15) is 33.3 Å². The highest BCUT2D eigenvalue weighted by Gasteiger charge is 2.55. The zero-order chi connectivity index (χ0) is 59.7. The number of amides is 3.